The molecule has 0 aromatic heterocycles. The Hall–Kier alpha value is -2.66. The molecule has 0 radical (unpaired) electrons. The molecule has 5 heteroatoms. The number of likely N-dealkylation sites (tertiary alicyclic amines) is 1. The Kier molecular flexibility index (Phi) is 5.46. The van der Waals surface area contributed by atoms with Crippen molar-refractivity contribution in [1.82, 2.24) is 4.90 Å². The van der Waals surface area contributed by atoms with Gasteiger partial charge in [0.2, 0.25) is 5.91 Å². The Labute approximate surface area is 147 Å². The minimum Gasteiger partial charge on any atom is -0.465 e. The normalized spacial score (nSPS) is 17.2. The van der Waals surface area contributed by atoms with Gasteiger partial charge in [-0.3, -0.25) is 9.69 Å². The van der Waals surface area contributed by atoms with Crippen LogP contribution in [0.2, 0.25) is 0 Å². The zero-order valence-electron chi connectivity index (χ0n) is 14.3. The summed E-state index contributed by atoms with van der Waals surface area (Å²) in [5.41, 5.74) is 2.40. The largest absolute Gasteiger partial charge is 0.465 e. The van der Waals surface area contributed by atoms with Gasteiger partial charge in [0.05, 0.1) is 19.2 Å². The highest BCUT2D eigenvalue weighted by Gasteiger charge is 2.27. The van der Waals surface area contributed by atoms with E-state index in [-0.39, 0.29) is 11.9 Å². The first-order chi connectivity index (χ1) is 12.2. The van der Waals surface area contributed by atoms with Gasteiger partial charge < -0.3 is 10.1 Å². The summed E-state index contributed by atoms with van der Waals surface area (Å²) in [6, 6.07) is 17.3. The molecular weight excluding hydrogens is 316 g/mol. The molecule has 0 aliphatic carbocycles. The predicted octanol–water partition coefficient (Wildman–Crippen LogP) is 3.25. The molecule has 0 saturated carbocycles. The smallest absolute Gasteiger partial charge is 0.337 e. The van der Waals surface area contributed by atoms with Crippen LogP contribution in [0.15, 0.2) is 54.6 Å². The second-order valence-corrected chi connectivity index (χ2v) is 6.16. The number of carbonyl (C=O) groups excluding carboxylic acids is 2. The van der Waals surface area contributed by atoms with Gasteiger partial charge in [0, 0.05) is 11.7 Å². The number of nitrogens with zero attached hydrogens (tertiary/aromatic N) is 1. The number of rotatable bonds is 5. The number of esters is 1. The zero-order valence-corrected chi connectivity index (χ0v) is 14.3. The first kappa shape index (κ1) is 17.2. The van der Waals surface area contributed by atoms with Crippen LogP contribution in [0.5, 0.6) is 0 Å². The van der Waals surface area contributed by atoms with E-state index in [4.69, 9.17) is 0 Å². The van der Waals surface area contributed by atoms with Crippen molar-refractivity contribution in [3.8, 4) is 0 Å². The van der Waals surface area contributed by atoms with E-state index in [1.165, 1.54) is 12.7 Å². The van der Waals surface area contributed by atoms with Crippen molar-refractivity contribution >= 4 is 17.6 Å². The highest BCUT2D eigenvalue weighted by atomic mass is 16.5. The van der Waals surface area contributed by atoms with Gasteiger partial charge in [0.25, 0.3) is 0 Å². The van der Waals surface area contributed by atoms with E-state index >= 15 is 0 Å². The van der Waals surface area contributed by atoms with E-state index < -0.39 is 0 Å². The van der Waals surface area contributed by atoms with Gasteiger partial charge in [-0.05, 0) is 49.2 Å². The Morgan fingerprint density at radius 2 is 1.84 bits per heavy atom. The van der Waals surface area contributed by atoms with E-state index in [2.05, 4.69) is 27.1 Å². The highest BCUT2D eigenvalue weighted by molar-refractivity contribution is 5.94. The molecule has 1 fully saturated rings. The maximum atomic E-state index is 12.4. The van der Waals surface area contributed by atoms with Gasteiger partial charge in [-0.2, -0.15) is 0 Å². The van der Waals surface area contributed by atoms with Crippen molar-refractivity contribution in [3.05, 3.63) is 65.7 Å². The van der Waals surface area contributed by atoms with E-state index in [1.54, 1.807) is 24.3 Å². The maximum Gasteiger partial charge on any atom is 0.337 e. The lowest BCUT2D eigenvalue weighted by atomic mass is 10.0. The second kappa shape index (κ2) is 7.94. The number of hydrogen-bond acceptors (Lipinski definition) is 4. The van der Waals surface area contributed by atoms with Crippen molar-refractivity contribution in [2.24, 2.45) is 0 Å². The molecule has 1 N–H and O–H groups in total. The third kappa shape index (κ3) is 4.25. The standard InChI is InChI=1S/C20H22N2O3/c1-25-20(24)16-9-11-17(12-10-16)21-19(23)14-22-13-5-8-18(22)15-6-3-2-4-7-15/h2-4,6-7,9-12,18H,5,8,13-14H2,1H3,(H,21,23). The average molecular weight is 338 g/mol. The number of methoxy groups -OCH3 is 1. The number of ether oxygens (including phenoxy) is 1. The molecule has 1 saturated heterocycles. The number of benzene rings is 2. The minimum atomic E-state index is -0.388. The molecule has 1 atom stereocenters. The molecule has 0 spiro atoms. The van der Waals surface area contributed by atoms with Crippen molar-refractivity contribution in [2.45, 2.75) is 18.9 Å². The molecule has 0 bridgehead atoms. The lowest BCUT2D eigenvalue weighted by Gasteiger charge is -2.24. The van der Waals surface area contributed by atoms with Crippen LogP contribution < -0.4 is 5.32 Å². The van der Waals surface area contributed by atoms with Gasteiger partial charge in [-0.25, -0.2) is 4.79 Å². The summed E-state index contributed by atoms with van der Waals surface area (Å²) in [4.78, 5) is 26.0. The third-order valence-corrected chi connectivity index (χ3v) is 4.48. The molecule has 2 aromatic rings. The summed E-state index contributed by atoms with van der Waals surface area (Å²) in [7, 11) is 1.34. The van der Waals surface area contributed by atoms with Crippen LogP contribution in [-0.4, -0.2) is 37.0 Å². The summed E-state index contributed by atoms with van der Waals surface area (Å²) in [5.74, 6) is -0.436. The topological polar surface area (TPSA) is 58.6 Å². The number of nitrogens with one attached hydrogen (secondary N) is 1. The molecule has 1 aliphatic rings. The van der Waals surface area contributed by atoms with Gasteiger partial charge in [0.1, 0.15) is 0 Å². The van der Waals surface area contributed by atoms with Crippen LogP contribution >= 0.6 is 0 Å². The molecule has 1 unspecified atom stereocenters. The van der Waals surface area contributed by atoms with Crippen LogP contribution in [0, 0.1) is 0 Å². The lowest BCUT2D eigenvalue weighted by molar-refractivity contribution is -0.117. The molecule has 3 rings (SSSR count). The summed E-state index contributed by atoms with van der Waals surface area (Å²) in [6.45, 7) is 1.28. The lowest BCUT2D eigenvalue weighted by Crippen LogP contribution is -2.32. The maximum absolute atomic E-state index is 12.4. The third-order valence-electron chi connectivity index (χ3n) is 4.48. The number of hydrogen-bond donors (Lipinski definition) is 1. The van der Waals surface area contributed by atoms with Crippen LogP contribution in [-0.2, 0) is 9.53 Å². The van der Waals surface area contributed by atoms with E-state index in [0.717, 1.165) is 19.4 Å². The fraction of sp³-hybridized carbons (Fsp3) is 0.300. The number of amides is 1. The summed E-state index contributed by atoms with van der Waals surface area (Å²) in [6.07, 6.45) is 2.17. The fourth-order valence-electron chi connectivity index (χ4n) is 3.26. The Morgan fingerprint density at radius 1 is 1.12 bits per heavy atom. The van der Waals surface area contributed by atoms with E-state index in [1.807, 2.05) is 18.2 Å². The molecule has 130 valence electrons. The molecule has 25 heavy (non-hydrogen) atoms. The average Bonchev–Trinajstić information content (AvgIpc) is 3.10. The van der Waals surface area contributed by atoms with Crippen molar-refractivity contribution < 1.29 is 14.3 Å². The van der Waals surface area contributed by atoms with Crippen LogP contribution in [0.3, 0.4) is 0 Å². The zero-order chi connectivity index (χ0) is 17.6. The number of carbonyl (C=O) groups is 2. The molecule has 1 aliphatic heterocycles. The van der Waals surface area contributed by atoms with Gasteiger partial charge in [0.15, 0.2) is 0 Å². The van der Waals surface area contributed by atoms with Crippen molar-refractivity contribution in [1.29, 1.82) is 0 Å². The van der Waals surface area contributed by atoms with Gasteiger partial charge in [-0.1, -0.05) is 30.3 Å². The quantitative estimate of drug-likeness (QED) is 0.850. The SMILES string of the molecule is COC(=O)c1ccc(NC(=O)CN2CCCC2c2ccccc2)cc1. The molecular formula is C20H22N2O3. The van der Waals surface area contributed by atoms with Gasteiger partial charge in [-0.15, -0.1) is 0 Å². The number of anilines is 1. The molecule has 5 nitrogen and oxygen atoms in total. The van der Waals surface area contributed by atoms with Crippen molar-refractivity contribution in [3.63, 3.8) is 0 Å². The molecule has 1 amide bonds. The van der Waals surface area contributed by atoms with E-state index in [9.17, 15) is 9.59 Å². The Bertz CT molecular complexity index is 728. The summed E-state index contributed by atoms with van der Waals surface area (Å²) in [5, 5.41) is 2.89. The fourth-order valence-corrected chi connectivity index (χ4v) is 3.26. The second-order valence-electron chi connectivity index (χ2n) is 6.16. The molecule has 1 heterocycles. The van der Waals surface area contributed by atoms with Gasteiger partial charge >= 0.3 is 5.97 Å². The first-order valence-corrected chi connectivity index (χ1v) is 8.44. The predicted molar refractivity (Wildman–Crippen MR) is 96.4 cm³/mol. The summed E-state index contributed by atoms with van der Waals surface area (Å²) >= 11 is 0. The Morgan fingerprint density at radius 3 is 2.52 bits per heavy atom. The van der Waals surface area contributed by atoms with Crippen molar-refractivity contribution in [2.75, 3.05) is 25.5 Å². The monoisotopic (exact) mass is 338 g/mol. The minimum absolute atomic E-state index is 0.0475. The van der Waals surface area contributed by atoms with Crippen LogP contribution in [0.4, 0.5) is 5.69 Å². The van der Waals surface area contributed by atoms with Crippen LogP contribution in [0.1, 0.15) is 34.8 Å². The first-order valence-electron chi connectivity index (χ1n) is 8.44. The highest BCUT2D eigenvalue weighted by Crippen LogP contribution is 2.31. The summed E-state index contributed by atoms with van der Waals surface area (Å²) < 4.78 is 4.67. The van der Waals surface area contributed by atoms with Crippen LogP contribution in [0.25, 0.3) is 0 Å². The molecule has 2 aromatic carbocycles. The van der Waals surface area contributed by atoms with E-state index in [0.29, 0.717) is 23.8 Å². The Balaban J connectivity index is 1.59.